The number of hydrogen-bond acceptors (Lipinski definition) is 2. The number of nitrogens with zero attached hydrogens (tertiary/aromatic N) is 1. The number of amides is 1. The summed E-state index contributed by atoms with van der Waals surface area (Å²) in [5, 5.41) is 0. The van der Waals surface area contributed by atoms with Gasteiger partial charge >= 0.3 is 0 Å². The number of ether oxygens (including phenoxy) is 1. The van der Waals surface area contributed by atoms with Crippen molar-refractivity contribution >= 4 is 17.3 Å². The maximum atomic E-state index is 13.5. The Morgan fingerprint density at radius 3 is 2.12 bits per heavy atom. The van der Waals surface area contributed by atoms with Gasteiger partial charge in [-0.25, -0.2) is 0 Å². The Hall–Kier alpha value is -2.13. The molecule has 0 aromatic heterocycles. The van der Waals surface area contributed by atoms with Crippen molar-refractivity contribution in [3.8, 4) is 0 Å². The zero-order valence-corrected chi connectivity index (χ0v) is 13.8. The molecule has 1 amide bonds. The first-order chi connectivity index (χ1) is 11.8. The normalized spacial score (nSPS) is 25.9. The molecule has 0 bridgehead atoms. The lowest BCUT2D eigenvalue weighted by atomic mass is 9.73. The van der Waals surface area contributed by atoms with Gasteiger partial charge in [0.15, 0.2) is 0 Å². The number of rotatable bonds is 3. The monoisotopic (exact) mass is 321 g/mol. The van der Waals surface area contributed by atoms with E-state index >= 15 is 0 Å². The number of benzene rings is 2. The first kappa shape index (κ1) is 15.4. The van der Waals surface area contributed by atoms with Crippen molar-refractivity contribution in [1.29, 1.82) is 0 Å². The Kier molecular flexibility index (Phi) is 4.35. The van der Waals surface area contributed by atoms with Crippen LogP contribution in [0.25, 0.3) is 0 Å². The zero-order valence-electron chi connectivity index (χ0n) is 13.8. The van der Waals surface area contributed by atoms with E-state index in [1.54, 1.807) is 0 Å². The first-order valence-corrected chi connectivity index (χ1v) is 8.86. The van der Waals surface area contributed by atoms with Gasteiger partial charge in [0.1, 0.15) is 0 Å². The minimum Gasteiger partial charge on any atom is -0.381 e. The second kappa shape index (κ2) is 6.78. The fourth-order valence-electron chi connectivity index (χ4n) is 4.20. The lowest BCUT2D eigenvalue weighted by Crippen LogP contribution is -2.40. The van der Waals surface area contributed by atoms with E-state index in [1.807, 2.05) is 65.6 Å². The smallest absolute Gasteiger partial charge is 0.235 e. The summed E-state index contributed by atoms with van der Waals surface area (Å²) in [5.74, 6) is 1.21. The standard InChI is InChI=1S/C21H23NO2/c23-21(19-13-7-8-16-14-24-15-20(16)19)22(17-9-3-1-4-10-17)18-11-5-2-6-12-18/h1-6,9-12,16,19-20H,7-8,13-15H2. The topological polar surface area (TPSA) is 29.5 Å². The molecule has 3 nitrogen and oxygen atoms in total. The summed E-state index contributed by atoms with van der Waals surface area (Å²) in [4.78, 5) is 15.4. The molecule has 2 aromatic carbocycles. The van der Waals surface area contributed by atoms with E-state index in [-0.39, 0.29) is 11.8 Å². The van der Waals surface area contributed by atoms with E-state index in [9.17, 15) is 4.79 Å². The summed E-state index contributed by atoms with van der Waals surface area (Å²) in [6, 6.07) is 20.0. The van der Waals surface area contributed by atoms with Crippen LogP contribution in [0.3, 0.4) is 0 Å². The van der Waals surface area contributed by atoms with E-state index in [2.05, 4.69) is 0 Å². The van der Waals surface area contributed by atoms with Crippen LogP contribution >= 0.6 is 0 Å². The molecule has 2 fully saturated rings. The largest absolute Gasteiger partial charge is 0.381 e. The highest BCUT2D eigenvalue weighted by atomic mass is 16.5. The predicted octanol–water partition coefficient (Wildman–Crippen LogP) is 4.41. The molecule has 1 aliphatic heterocycles. The Balaban J connectivity index is 1.69. The second-order valence-electron chi connectivity index (χ2n) is 6.84. The molecule has 2 aromatic rings. The molecule has 0 N–H and O–H groups in total. The highest BCUT2D eigenvalue weighted by molar-refractivity contribution is 6.02. The summed E-state index contributed by atoms with van der Waals surface area (Å²) in [5.41, 5.74) is 1.88. The fraction of sp³-hybridized carbons (Fsp3) is 0.381. The van der Waals surface area contributed by atoms with E-state index in [0.717, 1.165) is 37.4 Å². The van der Waals surface area contributed by atoms with Crippen LogP contribution in [0.2, 0.25) is 0 Å². The summed E-state index contributed by atoms with van der Waals surface area (Å²) in [7, 11) is 0. The first-order valence-electron chi connectivity index (χ1n) is 8.86. The molecule has 1 saturated heterocycles. The molecule has 0 radical (unpaired) electrons. The average Bonchev–Trinajstić information content (AvgIpc) is 3.12. The SMILES string of the molecule is O=C(C1CCCC2COCC21)N(c1ccccc1)c1ccccc1. The number of fused-ring (bicyclic) bond motifs is 1. The van der Waals surface area contributed by atoms with Crippen molar-refractivity contribution < 1.29 is 9.53 Å². The molecule has 2 aliphatic rings. The van der Waals surface area contributed by atoms with E-state index in [0.29, 0.717) is 11.8 Å². The molecule has 124 valence electrons. The predicted molar refractivity (Wildman–Crippen MR) is 95.2 cm³/mol. The van der Waals surface area contributed by atoms with Crippen LogP contribution in [0.1, 0.15) is 19.3 Å². The number of hydrogen-bond donors (Lipinski definition) is 0. The highest BCUT2D eigenvalue weighted by Crippen LogP contribution is 2.41. The summed E-state index contributed by atoms with van der Waals surface area (Å²) >= 11 is 0. The van der Waals surface area contributed by atoms with Crippen LogP contribution in [0.4, 0.5) is 11.4 Å². The molecule has 3 atom stereocenters. The molecule has 3 heteroatoms. The molecule has 3 unspecified atom stereocenters. The van der Waals surface area contributed by atoms with Crippen LogP contribution in [0.5, 0.6) is 0 Å². The van der Waals surface area contributed by atoms with E-state index in [1.165, 1.54) is 6.42 Å². The summed E-state index contributed by atoms with van der Waals surface area (Å²) in [6.45, 7) is 1.56. The molecule has 4 rings (SSSR count). The van der Waals surface area contributed by atoms with Gasteiger partial charge in [-0.15, -0.1) is 0 Å². The summed E-state index contributed by atoms with van der Waals surface area (Å²) in [6.07, 6.45) is 3.29. The van der Waals surface area contributed by atoms with Crippen LogP contribution in [-0.2, 0) is 9.53 Å². The third-order valence-electron chi connectivity index (χ3n) is 5.42. The maximum Gasteiger partial charge on any atom is 0.235 e. The zero-order chi connectivity index (χ0) is 16.4. The van der Waals surface area contributed by atoms with Crippen molar-refractivity contribution in [2.24, 2.45) is 17.8 Å². The van der Waals surface area contributed by atoms with Crippen molar-refractivity contribution in [3.63, 3.8) is 0 Å². The quantitative estimate of drug-likeness (QED) is 0.838. The Bertz CT molecular complexity index is 646. The van der Waals surface area contributed by atoms with Crippen LogP contribution in [0, 0.1) is 17.8 Å². The van der Waals surface area contributed by atoms with Crippen molar-refractivity contribution in [2.45, 2.75) is 19.3 Å². The molecule has 1 heterocycles. The van der Waals surface area contributed by atoms with Gasteiger partial charge in [0.2, 0.25) is 5.91 Å². The maximum absolute atomic E-state index is 13.5. The van der Waals surface area contributed by atoms with Crippen LogP contribution < -0.4 is 4.90 Å². The molecule has 1 aliphatic carbocycles. The third kappa shape index (κ3) is 2.84. The Labute approximate surface area is 143 Å². The van der Waals surface area contributed by atoms with Gasteiger partial charge in [-0.1, -0.05) is 42.8 Å². The molecular formula is C21H23NO2. The van der Waals surface area contributed by atoms with Crippen LogP contribution in [0.15, 0.2) is 60.7 Å². The number of anilines is 2. The Morgan fingerprint density at radius 1 is 0.875 bits per heavy atom. The van der Waals surface area contributed by atoms with Gasteiger partial charge in [0.25, 0.3) is 0 Å². The van der Waals surface area contributed by atoms with Gasteiger partial charge in [0.05, 0.1) is 6.61 Å². The van der Waals surface area contributed by atoms with Gasteiger partial charge in [-0.2, -0.15) is 0 Å². The highest BCUT2D eigenvalue weighted by Gasteiger charge is 2.42. The van der Waals surface area contributed by atoms with Crippen molar-refractivity contribution in [1.82, 2.24) is 0 Å². The van der Waals surface area contributed by atoms with Crippen molar-refractivity contribution in [3.05, 3.63) is 60.7 Å². The number of carbonyl (C=O) groups is 1. The molecule has 0 spiro atoms. The molecule has 1 saturated carbocycles. The second-order valence-corrected chi connectivity index (χ2v) is 6.84. The van der Waals surface area contributed by atoms with Gasteiger partial charge in [-0.05, 0) is 48.9 Å². The minimum atomic E-state index is 0.0617. The molecule has 24 heavy (non-hydrogen) atoms. The van der Waals surface area contributed by atoms with Gasteiger partial charge < -0.3 is 4.74 Å². The van der Waals surface area contributed by atoms with E-state index in [4.69, 9.17) is 4.74 Å². The fourth-order valence-corrected chi connectivity index (χ4v) is 4.20. The lowest BCUT2D eigenvalue weighted by Gasteiger charge is -2.35. The Morgan fingerprint density at radius 2 is 1.50 bits per heavy atom. The van der Waals surface area contributed by atoms with Gasteiger partial charge in [-0.3, -0.25) is 9.69 Å². The number of para-hydroxylation sites is 2. The minimum absolute atomic E-state index is 0.0617. The third-order valence-corrected chi connectivity index (χ3v) is 5.42. The lowest BCUT2D eigenvalue weighted by molar-refractivity contribution is -0.124. The van der Waals surface area contributed by atoms with Crippen LogP contribution in [-0.4, -0.2) is 19.1 Å². The van der Waals surface area contributed by atoms with Crippen molar-refractivity contribution in [2.75, 3.05) is 18.1 Å². The number of carbonyl (C=O) groups excluding carboxylic acids is 1. The molecular weight excluding hydrogens is 298 g/mol. The average molecular weight is 321 g/mol. The van der Waals surface area contributed by atoms with E-state index < -0.39 is 0 Å². The van der Waals surface area contributed by atoms with Gasteiger partial charge in [0, 0.05) is 23.9 Å². The summed E-state index contributed by atoms with van der Waals surface area (Å²) < 4.78 is 5.69.